The van der Waals surface area contributed by atoms with Gasteiger partial charge in [0.1, 0.15) is 13.2 Å². The molecule has 1 atom stereocenters. The van der Waals surface area contributed by atoms with Gasteiger partial charge in [-0.2, -0.15) is 0 Å². The van der Waals surface area contributed by atoms with Crippen LogP contribution in [0.4, 0.5) is 5.69 Å². The number of carbonyl (C=O) groups is 1. The van der Waals surface area contributed by atoms with Gasteiger partial charge in [0.2, 0.25) is 5.91 Å². The normalized spacial score (nSPS) is 19.2. The first-order valence-electron chi connectivity index (χ1n) is 9.58. The number of methoxy groups -OCH3 is 1. The fraction of sp³-hybridized carbons (Fsp3) is 0.650. The molecule has 2 aliphatic rings. The van der Waals surface area contributed by atoms with Gasteiger partial charge in [0.25, 0.3) is 0 Å². The van der Waals surface area contributed by atoms with Crippen LogP contribution in [-0.2, 0) is 9.53 Å². The Kier molecular flexibility index (Phi) is 6.74. The van der Waals surface area contributed by atoms with Gasteiger partial charge in [-0.1, -0.05) is 0 Å². The van der Waals surface area contributed by atoms with Gasteiger partial charge in [-0.25, -0.2) is 0 Å². The van der Waals surface area contributed by atoms with Gasteiger partial charge in [-0.05, 0) is 57.3 Å². The summed E-state index contributed by atoms with van der Waals surface area (Å²) in [5, 5.41) is 2.97. The van der Waals surface area contributed by atoms with Crippen LogP contribution in [0.1, 0.15) is 32.6 Å². The number of hydrogen-bond donors (Lipinski definition) is 1. The molecule has 1 saturated heterocycles. The molecular weight excluding hydrogens is 332 g/mol. The van der Waals surface area contributed by atoms with Crippen LogP contribution in [0.2, 0.25) is 0 Å². The summed E-state index contributed by atoms with van der Waals surface area (Å²) in [6.45, 7) is 6.30. The van der Waals surface area contributed by atoms with Crippen LogP contribution in [0, 0.1) is 5.92 Å². The van der Waals surface area contributed by atoms with Gasteiger partial charge in [0, 0.05) is 31.3 Å². The van der Waals surface area contributed by atoms with E-state index >= 15 is 0 Å². The monoisotopic (exact) mass is 362 g/mol. The Labute approximate surface area is 155 Å². The van der Waals surface area contributed by atoms with E-state index in [9.17, 15) is 4.79 Å². The molecule has 2 aliphatic heterocycles. The minimum Gasteiger partial charge on any atom is -0.486 e. The zero-order valence-corrected chi connectivity index (χ0v) is 15.8. The number of anilines is 1. The van der Waals surface area contributed by atoms with E-state index < -0.39 is 0 Å². The molecular formula is C20H30N2O4. The summed E-state index contributed by atoms with van der Waals surface area (Å²) in [7, 11) is 1.75. The Hall–Kier alpha value is -1.79. The number of nitrogens with one attached hydrogen (secondary N) is 1. The van der Waals surface area contributed by atoms with E-state index in [0.717, 1.165) is 50.4 Å². The summed E-state index contributed by atoms with van der Waals surface area (Å²) in [5.41, 5.74) is 0.766. The molecule has 1 N–H and O–H groups in total. The summed E-state index contributed by atoms with van der Waals surface area (Å²) >= 11 is 0. The molecule has 3 rings (SSSR count). The Morgan fingerprint density at radius 2 is 2.00 bits per heavy atom. The number of fused-ring (bicyclic) bond motifs is 1. The first-order chi connectivity index (χ1) is 12.7. The van der Waals surface area contributed by atoms with Crippen LogP contribution in [0.3, 0.4) is 0 Å². The molecule has 144 valence electrons. The average molecular weight is 362 g/mol. The molecule has 0 radical (unpaired) electrons. The second-order valence-electron chi connectivity index (χ2n) is 7.23. The Morgan fingerprint density at radius 3 is 2.73 bits per heavy atom. The molecule has 0 spiro atoms. The van der Waals surface area contributed by atoms with Crippen LogP contribution in [-0.4, -0.2) is 56.9 Å². The number of likely N-dealkylation sites (tertiary alicyclic amines) is 1. The molecule has 6 nitrogen and oxygen atoms in total. The molecule has 1 fully saturated rings. The molecule has 6 heteroatoms. The van der Waals surface area contributed by atoms with Crippen molar-refractivity contribution in [1.29, 1.82) is 0 Å². The predicted molar refractivity (Wildman–Crippen MR) is 101 cm³/mol. The van der Waals surface area contributed by atoms with Gasteiger partial charge in [-0.3, -0.25) is 9.69 Å². The number of ether oxygens (including phenoxy) is 3. The lowest BCUT2D eigenvalue weighted by atomic mass is 9.91. The van der Waals surface area contributed by atoms with Gasteiger partial charge in [0.15, 0.2) is 11.5 Å². The van der Waals surface area contributed by atoms with E-state index in [1.807, 2.05) is 18.2 Å². The van der Waals surface area contributed by atoms with Crippen molar-refractivity contribution in [2.75, 3.05) is 45.3 Å². The van der Waals surface area contributed by atoms with Gasteiger partial charge >= 0.3 is 0 Å². The van der Waals surface area contributed by atoms with Crippen LogP contribution >= 0.6 is 0 Å². The molecule has 0 unspecified atom stereocenters. The fourth-order valence-corrected chi connectivity index (χ4v) is 3.71. The molecule has 26 heavy (non-hydrogen) atoms. The number of piperidine rings is 1. The highest BCUT2D eigenvalue weighted by Gasteiger charge is 2.23. The van der Waals surface area contributed by atoms with Crippen molar-refractivity contribution in [2.24, 2.45) is 5.92 Å². The SMILES string of the molecule is COC[C@@H](C)N1CCC(CCC(=O)Nc2ccc3c(c2)OCCO3)CC1. The van der Waals surface area contributed by atoms with Gasteiger partial charge in [0.05, 0.1) is 6.61 Å². The lowest BCUT2D eigenvalue weighted by Gasteiger charge is -2.35. The second-order valence-corrected chi connectivity index (χ2v) is 7.23. The van der Waals surface area contributed by atoms with E-state index in [1.54, 1.807) is 7.11 Å². The van der Waals surface area contributed by atoms with E-state index in [2.05, 4.69) is 17.1 Å². The van der Waals surface area contributed by atoms with Crippen molar-refractivity contribution >= 4 is 11.6 Å². The van der Waals surface area contributed by atoms with Gasteiger partial charge in [-0.15, -0.1) is 0 Å². The van der Waals surface area contributed by atoms with E-state index in [-0.39, 0.29) is 5.91 Å². The number of amides is 1. The minimum atomic E-state index is 0.0665. The summed E-state index contributed by atoms with van der Waals surface area (Å²) in [5.74, 6) is 2.14. The third kappa shape index (κ3) is 5.11. The van der Waals surface area contributed by atoms with Crippen LogP contribution in [0.25, 0.3) is 0 Å². The van der Waals surface area contributed by atoms with Crippen LogP contribution in [0.5, 0.6) is 11.5 Å². The van der Waals surface area contributed by atoms with Crippen LogP contribution < -0.4 is 14.8 Å². The smallest absolute Gasteiger partial charge is 0.224 e. The Morgan fingerprint density at radius 1 is 1.27 bits per heavy atom. The number of hydrogen-bond acceptors (Lipinski definition) is 5. The molecule has 1 amide bonds. The van der Waals surface area contributed by atoms with Crippen molar-refractivity contribution < 1.29 is 19.0 Å². The number of carbonyl (C=O) groups excluding carboxylic acids is 1. The zero-order chi connectivity index (χ0) is 18.4. The van der Waals surface area contributed by atoms with E-state index in [0.29, 0.717) is 37.3 Å². The summed E-state index contributed by atoms with van der Waals surface area (Å²) in [6.07, 6.45) is 3.83. The topological polar surface area (TPSA) is 60.0 Å². The third-order valence-corrected chi connectivity index (χ3v) is 5.29. The average Bonchev–Trinajstić information content (AvgIpc) is 2.67. The van der Waals surface area contributed by atoms with Crippen LogP contribution in [0.15, 0.2) is 18.2 Å². The quantitative estimate of drug-likeness (QED) is 0.808. The highest BCUT2D eigenvalue weighted by molar-refractivity contribution is 5.91. The van der Waals surface area contributed by atoms with Crippen molar-refractivity contribution in [1.82, 2.24) is 4.90 Å². The Bertz CT molecular complexity index is 599. The highest BCUT2D eigenvalue weighted by atomic mass is 16.6. The predicted octanol–water partition coefficient (Wildman–Crippen LogP) is 2.92. The Balaban J connectivity index is 1.39. The number of benzene rings is 1. The lowest BCUT2D eigenvalue weighted by molar-refractivity contribution is -0.116. The summed E-state index contributed by atoms with van der Waals surface area (Å²) in [6, 6.07) is 6.02. The van der Waals surface area contributed by atoms with Gasteiger partial charge < -0.3 is 19.5 Å². The maximum atomic E-state index is 12.3. The molecule has 0 bridgehead atoms. The maximum Gasteiger partial charge on any atom is 0.224 e. The molecule has 0 aliphatic carbocycles. The van der Waals surface area contributed by atoms with E-state index in [1.165, 1.54) is 0 Å². The van der Waals surface area contributed by atoms with Crippen molar-refractivity contribution in [3.8, 4) is 11.5 Å². The van der Waals surface area contributed by atoms with E-state index in [4.69, 9.17) is 14.2 Å². The first-order valence-corrected chi connectivity index (χ1v) is 9.58. The van der Waals surface area contributed by atoms with Crippen molar-refractivity contribution in [3.05, 3.63) is 18.2 Å². The fourth-order valence-electron chi connectivity index (χ4n) is 3.71. The molecule has 0 saturated carbocycles. The third-order valence-electron chi connectivity index (χ3n) is 5.29. The standard InChI is InChI=1S/C20H30N2O4/c1-15(14-24-2)22-9-7-16(8-10-22)3-6-20(23)21-17-4-5-18-19(13-17)26-12-11-25-18/h4-5,13,15-16H,3,6-12,14H2,1-2H3,(H,21,23)/t15-/m1/s1. The lowest BCUT2D eigenvalue weighted by Crippen LogP contribution is -2.42. The molecule has 1 aromatic carbocycles. The van der Waals surface area contributed by atoms with Crippen molar-refractivity contribution in [3.63, 3.8) is 0 Å². The molecule has 1 aromatic rings. The number of rotatable bonds is 7. The largest absolute Gasteiger partial charge is 0.486 e. The summed E-state index contributed by atoms with van der Waals surface area (Å²) < 4.78 is 16.3. The molecule has 0 aromatic heterocycles. The minimum absolute atomic E-state index is 0.0665. The van der Waals surface area contributed by atoms with Crippen molar-refractivity contribution in [2.45, 2.75) is 38.6 Å². The summed E-state index contributed by atoms with van der Waals surface area (Å²) in [4.78, 5) is 14.8. The zero-order valence-electron chi connectivity index (χ0n) is 15.8. The molecule has 2 heterocycles. The highest BCUT2D eigenvalue weighted by Crippen LogP contribution is 2.32. The maximum absolute atomic E-state index is 12.3. The number of nitrogens with zero attached hydrogens (tertiary/aromatic N) is 1. The first kappa shape index (κ1) is 19.0. The second kappa shape index (κ2) is 9.24.